The number of hydrogen-bond donors (Lipinski definition) is 1. The van der Waals surface area contributed by atoms with Crippen LogP contribution in [0.1, 0.15) is 19.9 Å². The maximum atomic E-state index is 13.2. The van der Waals surface area contributed by atoms with Gasteiger partial charge in [0.25, 0.3) is 11.1 Å². The van der Waals surface area contributed by atoms with Crippen LogP contribution in [-0.2, 0) is 11.3 Å². The SMILES string of the molecule is CCOc1ccc(-c2ccc(=O)n(C(C)C(=O)NCCn3nc(-c4ccc(F)cc4)ccc3=O)n2)cc1. The molecule has 4 aromatic rings. The zero-order chi connectivity index (χ0) is 26.4. The van der Waals surface area contributed by atoms with E-state index in [1.807, 2.05) is 31.2 Å². The first-order valence-corrected chi connectivity index (χ1v) is 11.8. The lowest BCUT2D eigenvalue weighted by molar-refractivity contribution is -0.124. The minimum Gasteiger partial charge on any atom is -0.494 e. The quantitative estimate of drug-likeness (QED) is 0.376. The Morgan fingerprint density at radius 1 is 0.892 bits per heavy atom. The molecule has 2 aromatic heterocycles. The lowest BCUT2D eigenvalue weighted by atomic mass is 10.1. The van der Waals surface area contributed by atoms with Crippen LogP contribution < -0.4 is 21.2 Å². The first-order chi connectivity index (χ1) is 17.9. The number of carbonyl (C=O) groups excluding carboxylic acids is 1. The van der Waals surface area contributed by atoms with Crippen molar-refractivity contribution >= 4 is 5.91 Å². The van der Waals surface area contributed by atoms with E-state index >= 15 is 0 Å². The summed E-state index contributed by atoms with van der Waals surface area (Å²) in [4.78, 5) is 37.5. The van der Waals surface area contributed by atoms with E-state index in [0.29, 0.717) is 23.6 Å². The molecular formula is C27H26FN5O4. The number of nitrogens with zero attached hydrogens (tertiary/aromatic N) is 4. The summed E-state index contributed by atoms with van der Waals surface area (Å²) in [5, 5.41) is 11.4. The Labute approximate surface area is 212 Å². The highest BCUT2D eigenvalue weighted by molar-refractivity contribution is 5.79. The summed E-state index contributed by atoms with van der Waals surface area (Å²) in [6.45, 7) is 4.25. The number of hydrogen-bond acceptors (Lipinski definition) is 6. The molecule has 9 nitrogen and oxygen atoms in total. The van der Waals surface area contributed by atoms with Crippen molar-refractivity contribution in [1.29, 1.82) is 0 Å². The zero-order valence-electron chi connectivity index (χ0n) is 20.4. The highest BCUT2D eigenvalue weighted by atomic mass is 19.1. The van der Waals surface area contributed by atoms with Crippen LogP contribution in [0.4, 0.5) is 4.39 Å². The molecule has 2 aromatic carbocycles. The van der Waals surface area contributed by atoms with E-state index in [9.17, 15) is 18.8 Å². The topological polar surface area (TPSA) is 108 Å². The molecule has 0 radical (unpaired) electrons. The number of benzene rings is 2. The second-order valence-corrected chi connectivity index (χ2v) is 8.21. The standard InChI is InChI=1S/C27H26FN5O4/c1-3-37-22-10-6-20(7-11-22)24-13-15-26(35)33(31-24)18(2)27(36)29-16-17-32-25(34)14-12-23(30-32)19-4-8-21(28)9-5-19/h4-15,18H,3,16-17H2,1-2H3,(H,29,36). The van der Waals surface area contributed by atoms with E-state index in [4.69, 9.17) is 4.74 Å². The van der Waals surface area contributed by atoms with Gasteiger partial charge >= 0.3 is 0 Å². The van der Waals surface area contributed by atoms with Crippen LogP contribution in [-0.4, -0.2) is 38.6 Å². The van der Waals surface area contributed by atoms with E-state index in [0.717, 1.165) is 16.0 Å². The molecule has 0 fully saturated rings. The maximum Gasteiger partial charge on any atom is 0.267 e. The first kappa shape index (κ1) is 25.5. The van der Waals surface area contributed by atoms with Gasteiger partial charge in [-0.2, -0.15) is 10.2 Å². The number of nitrogens with one attached hydrogen (secondary N) is 1. The smallest absolute Gasteiger partial charge is 0.267 e. The molecule has 37 heavy (non-hydrogen) atoms. The summed E-state index contributed by atoms with van der Waals surface area (Å²) in [5.74, 6) is -0.0715. The first-order valence-electron chi connectivity index (χ1n) is 11.8. The average molecular weight is 504 g/mol. The Morgan fingerprint density at radius 2 is 1.49 bits per heavy atom. The fourth-order valence-electron chi connectivity index (χ4n) is 3.67. The molecule has 190 valence electrons. The van der Waals surface area contributed by atoms with Crippen molar-refractivity contribution in [2.24, 2.45) is 0 Å². The van der Waals surface area contributed by atoms with Gasteiger partial charge in [-0.15, -0.1) is 0 Å². The molecule has 2 heterocycles. The summed E-state index contributed by atoms with van der Waals surface area (Å²) < 4.78 is 21.0. The summed E-state index contributed by atoms with van der Waals surface area (Å²) in [7, 11) is 0. The Hall–Kier alpha value is -4.60. The zero-order valence-corrected chi connectivity index (χ0v) is 20.4. The van der Waals surface area contributed by atoms with Crippen LogP contribution in [0, 0.1) is 5.82 Å². The molecule has 0 saturated heterocycles. The average Bonchev–Trinajstić information content (AvgIpc) is 2.91. The van der Waals surface area contributed by atoms with E-state index in [1.165, 1.54) is 28.9 Å². The molecule has 0 aliphatic rings. The summed E-state index contributed by atoms with van der Waals surface area (Å²) >= 11 is 0. The number of aromatic nitrogens is 4. The van der Waals surface area contributed by atoms with Gasteiger partial charge in [0, 0.05) is 29.8 Å². The molecule has 0 bridgehead atoms. The van der Waals surface area contributed by atoms with Gasteiger partial charge in [0.1, 0.15) is 17.6 Å². The second kappa shape index (κ2) is 11.4. The molecular weight excluding hydrogens is 477 g/mol. The van der Waals surface area contributed by atoms with E-state index < -0.39 is 17.5 Å². The Balaban J connectivity index is 1.43. The fourth-order valence-corrected chi connectivity index (χ4v) is 3.67. The predicted octanol–water partition coefficient (Wildman–Crippen LogP) is 3.05. The summed E-state index contributed by atoms with van der Waals surface area (Å²) in [6, 6.07) is 18.1. The van der Waals surface area contributed by atoms with Gasteiger partial charge in [0.05, 0.1) is 24.5 Å². The van der Waals surface area contributed by atoms with Crippen LogP contribution in [0.5, 0.6) is 5.75 Å². The third-order valence-corrected chi connectivity index (χ3v) is 5.66. The van der Waals surface area contributed by atoms with Crippen LogP contribution in [0.3, 0.4) is 0 Å². The van der Waals surface area contributed by atoms with Crippen molar-refractivity contribution in [3.05, 3.63) is 99.3 Å². The van der Waals surface area contributed by atoms with Crippen molar-refractivity contribution in [2.45, 2.75) is 26.4 Å². The lowest BCUT2D eigenvalue weighted by Crippen LogP contribution is -2.39. The van der Waals surface area contributed by atoms with Crippen molar-refractivity contribution in [3.8, 4) is 28.3 Å². The molecule has 1 N–H and O–H groups in total. The summed E-state index contributed by atoms with van der Waals surface area (Å²) in [5.41, 5.74) is 1.72. The Bertz CT molecular complexity index is 1500. The molecule has 1 amide bonds. The lowest BCUT2D eigenvalue weighted by Gasteiger charge is -2.15. The molecule has 0 aliphatic carbocycles. The van der Waals surface area contributed by atoms with Crippen LogP contribution in [0.2, 0.25) is 0 Å². The van der Waals surface area contributed by atoms with Crippen molar-refractivity contribution in [1.82, 2.24) is 24.9 Å². The highest BCUT2D eigenvalue weighted by Crippen LogP contribution is 2.20. The number of halogens is 1. The van der Waals surface area contributed by atoms with Crippen molar-refractivity contribution in [3.63, 3.8) is 0 Å². The highest BCUT2D eigenvalue weighted by Gasteiger charge is 2.18. The number of carbonyl (C=O) groups is 1. The molecule has 0 spiro atoms. The Kier molecular flexibility index (Phi) is 7.87. The van der Waals surface area contributed by atoms with Crippen LogP contribution in [0.15, 0.2) is 82.4 Å². The normalized spacial score (nSPS) is 11.6. The van der Waals surface area contributed by atoms with Crippen LogP contribution in [0.25, 0.3) is 22.5 Å². The molecule has 0 saturated carbocycles. The van der Waals surface area contributed by atoms with Crippen molar-refractivity contribution < 1.29 is 13.9 Å². The predicted molar refractivity (Wildman–Crippen MR) is 137 cm³/mol. The molecule has 1 atom stereocenters. The Morgan fingerprint density at radius 3 is 2.14 bits per heavy atom. The largest absolute Gasteiger partial charge is 0.494 e. The fraction of sp³-hybridized carbons (Fsp3) is 0.222. The minimum absolute atomic E-state index is 0.107. The monoisotopic (exact) mass is 503 g/mol. The number of amides is 1. The molecule has 1 unspecified atom stereocenters. The van der Waals surface area contributed by atoms with Gasteiger partial charge in [-0.1, -0.05) is 0 Å². The molecule has 10 heteroatoms. The van der Waals surface area contributed by atoms with Gasteiger partial charge in [0.15, 0.2) is 0 Å². The summed E-state index contributed by atoms with van der Waals surface area (Å²) in [6.07, 6.45) is 0. The van der Waals surface area contributed by atoms with Gasteiger partial charge in [-0.05, 0) is 74.5 Å². The van der Waals surface area contributed by atoms with Gasteiger partial charge in [-0.3, -0.25) is 14.4 Å². The van der Waals surface area contributed by atoms with E-state index in [2.05, 4.69) is 15.5 Å². The molecule has 0 aliphatic heterocycles. The molecule has 4 rings (SSSR count). The van der Waals surface area contributed by atoms with Crippen molar-refractivity contribution in [2.75, 3.05) is 13.2 Å². The second-order valence-electron chi connectivity index (χ2n) is 8.21. The van der Waals surface area contributed by atoms with Gasteiger partial charge < -0.3 is 10.1 Å². The van der Waals surface area contributed by atoms with Gasteiger partial charge in [-0.25, -0.2) is 13.8 Å². The minimum atomic E-state index is -0.884. The third kappa shape index (κ3) is 6.16. The van der Waals surface area contributed by atoms with E-state index in [1.54, 1.807) is 31.2 Å². The number of ether oxygens (including phenoxy) is 1. The maximum absolute atomic E-state index is 13.2. The van der Waals surface area contributed by atoms with Crippen LogP contribution >= 0.6 is 0 Å². The number of rotatable bonds is 9. The van der Waals surface area contributed by atoms with E-state index in [-0.39, 0.29) is 24.5 Å². The third-order valence-electron chi connectivity index (χ3n) is 5.66. The van der Waals surface area contributed by atoms with Gasteiger partial charge in [0.2, 0.25) is 5.91 Å².